The monoisotopic (exact) mass is 479 g/mol. The zero-order chi connectivity index (χ0) is 22.8. The maximum atomic E-state index is 12.6. The molecular weight excluding hydrogens is 466 g/mol. The van der Waals surface area contributed by atoms with Crippen LogP contribution in [-0.2, 0) is 4.79 Å². The maximum absolute atomic E-state index is 12.6. The molecule has 2 N–H and O–H groups in total. The fraction of sp³-hybridized carbons (Fsp3) is 0.0476. The molecule has 0 atom stereocenters. The molecule has 3 aromatic heterocycles. The average Bonchev–Trinajstić information content (AvgIpc) is 3.47. The lowest BCUT2D eigenvalue weighted by Gasteiger charge is -2.11. The van der Waals surface area contributed by atoms with E-state index in [9.17, 15) is 9.59 Å². The molecule has 1 amide bonds. The van der Waals surface area contributed by atoms with E-state index < -0.39 is 0 Å². The van der Waals surface area contributed by atoms with E-state index >= 15 is 0 Å². The van der Waals surface area contributed by atoms with Gasteiger partial charge in [-0.05, 0) is 36.4 Å². The van der Waals surface area contributed by atoms with Crippen molar-refractivity contribution in [2.75, 3.05) is 11.1 Å². The summed E-state index contributed by atoms with van der Waals surface area (Å²) in [5.74, 6) is 0.114. The number of carbonyl (C=O) groups is 1. The number of hydrogen-bond acceptors (Lipinski definition) is 8. The van der Waals surface area contributed by atoms with Crippen molar-refractivity contribution in [3.8, 4) is 17.1 Å². The minimum absolute atomic E-state index is 0.0500. The Bertz CT molecular complexity index is 1510. The largest absolute Gasteiger partial charge is 0.411 e. The molecular formula is C21H14ClN7O3S. The molecule has 0 radical (unpaired) electrons. The van der Waals surface area contributed by atoms with Crippen LogP contribution in [0.1, 0.15) is 0 Å². The molecule has 0 aliphatic carbocycles. The molecule has 33 heavy (non-hydrogen) atoms. The van der Waals surface area contributed by atoms with Crippen LogP contribution in [0.25, 0.3) is 28.2 Å². The molecule has 0 aliphatic heterocycles. The van der Waals surface area contributed by atoms with Crippen molar-refractivity contribution in [2.24, 2.45) is 0 Å². The molecule has 3 heterocycles. The van der Waals surface area contributed by atoms with Crippen LogP contribution in [0.3, 0.4) is 0 Å². The lowest BCUT2D eigenvalue weighted by atomic mass is 10.2. The van der Waals surface area contributed by atoms with Crippen molar-refractivity contribution in [2.45, 2.75) is 5.22 Å². The second-order valence-electron chi connectivity index (χ2n) is 6.76. The van der Waals surface area contributed by atoms with Gasteiger partial charge in [0.1, 0.15) is 5.39 Å². The van der Waals surface area contributed by atoms with Crippen LogP contribution in [-0.4, -0.2) is 41.6 Å². The molecule has 0 saturated heterocycles. The highest BCUT2D eigenvalue weighted by Crippen LogP contribution is 2.26. The number of para-hydroxylation sites is 2. The summed E-state index contributed by atoms with van der Waals surface area (Å²) < 4.78 is 7.12. The van der Waals surface area contributed by atoms with Crippen molar-refractivity contribution in [1.82, 2.24) is 29.9 Å². The minimum atomic E-state index is -0.290. The molecule has 0 saturated carbocycles. The van der Waals surface area contributed by atoms with Crippen LogP contribution in [0, 0.1) is 0 Å². The van der Waals surface area contributed by atoms with Gasteiger partial charge in [0.15, 0.2) is 5.65 Å². The second-order valence-corrected chi connectivity index (χ2v) is 8.12. The number of benzene rings is 2. The Kier molecular flexibility index (Phi) is 5.63. The average molecular weight is 480 g/mol. The van der Waals surface area contributed by atoms with E-state index in [1.54, 1.807) is 48.5 Å². The Labute approximate surface area is 195 Å². The number of nitrogens with one attached hydrogen (secondary N) is 2. The fourth-order valence-corrected chi connectivity index (χ4v) is 3.78. The SMILES string of the molecule is O=C(CSc1nnc(-c2ccc(Cl)cc2)o1)Nc1ccccc1-n1ncc2c(=O)[nH]cnc21. The molecule has 0 spiro atoms. The molecule has 0 bridgehead atoms. The summed E-state index contributed by atoms with van der Waals surface area (Å²) in [6, 6.07) is 14.1. The molecule has 0 unspecified atom stereocenters. The number of hydrogen-bond donors (Lipinski definition) is 2. The number of fused-ring (bicyclic) bond motifs is 1. The van der Waals surface area contributed by atoms with Crippen LogP contribution in [0.15, 0.2) is 75.5 Å². The zero-order valence-electron chi connectivity index (χ0n) is 16.7. The molecule has 0 aliphatic rings. The summed E-state index contributed by atoms with van der Waals surface area (Å²) in [4.78, 5) is 31.3. The number of aromatic amines is 1. The van der Waals surface area contributed by atoms with Gasteiger partial charge in [0.25, 0.3) is 10.8 Å². The zero-order valence-corrected chi connectivity index (χ0v) is 18.3. The summed E-state index contributed by atoms with van der Waals surface area (Å²) >= 11 is 7.01. The molecule has 2 aromatic carbocycles. The second kappa shape index (κ2) is 8.88. The van der Waals surface area contributed by atoms with Crippen molar-refractivity contribution < 1.29 is 9.21 Å². The Balaban J connectivity index is 1.30. The van der Waals surface area contributed by atoms with Crippen LogP contribution in [0.4, 0.5) is 5.69 Å². The van der Waals surface area contributed by atoms with Crippen molar-refractivity contribution in [3.63, 3.8) is 0 Å². The van der Waals surface area contributed by atoms with Crippen LogP contribution in [0.5, 0.6) is 0 Å². The first-order valence-corrected chi connectivity index (χ1v) is 11.0. The van der Waals surface area contributed by atoms with E-state index in [2.05, 4.69) is 30.6 Å². The molecule has 0 fully saturated rings. The molecule has 5 aromatic rings. The number of anilines is 1. The number of aromatic nitrogens is 6. The van der Waals surface area contributed by atoms with E-state index in [0.29, 0.717) is 33.3 Å². The summed E-state index contributed by atoms with van der Waals surface area (Å²) in [6.45, 7) is 0. The quantitative estimate of drug-likeness (QED) is 0.353. The van der Waals surface area contributed by atoms with E-state index in [4.69, 9.17) is 16.0 Å². The summed E-state index contributed by atoms with van der Waals surface area (Å²) in [5, 5.41) is 16.3. The minimum Gasteiger partial charge on any atom is -0.411 e. The highest BCUT2D eigenvalue weighted by atomic mass is 35.5. The van der Waals surface area contributed by atoms with Gasteiger partial charge in [0.2, 0.25) is 11.8 Å². The van der Waals surface area contributed by atoms with Crippen molar-refractivity contribution >= 4 is 46.0 Å². The van der Waals surface area contributed by atoms with Crippen molar-refractivity contribution in [3.05, 3.63) is 76.4 Å². The first-order valence-electron chi connectivity index (χ1n) is 9.61. The highest BCUT2D eigenvalue weighted by Gasteiger charge is 2.15. The Hall–Kier alpha value is -3.96. The third-order valence-electron chi connectivity index (χ3n) is 4.60. The van der Waals surface area contributed by atoms with Gasteiger partial charge in [-0.15, -0.1) is 10.2 Å². The first-order chi connectivity index (χ1) is 16.1. The van der Waals surface area contributed by atoms with Crippen molar-refractivity contribution in [1.29, 1.82) is 0 Å². The van der Waals surface area contributed by atoms with Gasteiger partial charge in [0, 0.05) is 10.6 Å². The number of halogens is 1. The number of amides is 1. The van der Waals surface area contributed by atoms with Gasteiger partial charge in [-0.2, -0.15) is 5.10 Å². The lowest BCUT2D eigenvalue weighted by molar-refractivity contribution is -0.113. The number of rotatable bonds is 6. The van der Waals surface area contributed by atoms with Crippen LogP contribution < -0.4 is 10.9 Å². The van der Waals surface area contributed by atoms with Gasteiger partial charge in [0.05, 0.1) is 29.7 Å². The molecule has 12 heteroatoms. The normalized spacial score (nSPS) is 11.1. The smallest absolute Gasteiger partial charge is 0.277 e. The Morgan fingerprint density at radius 1 is 1.15 bits per heavy atom. The number of carbonyl (C=O) groups excluding carboxylic acids is 1. The topological polar surface area (TPSA) is 132 Å². The van der Waals surface area contributed by atoms with E-state index in [-0.39, 0.29) is 22.4 Å². The summed E-state index contributed by atoms with van der Waals surface area (Å²) in [6.07, 6.45) is 2.74. The van der Waals surface area contributed by atoms with Gasteiger partial charge < -0.3 is 14.7 Å². The number of H-pyrrole nitrogens is 1. The Morgan fingerprint density at radius 3 is 2.82 bits per heavy atom. The fourth-order valence-electron chi connectivity index (χ4n) is 3.09. The third kappa shape index (κ3) is 4.36. The summed E-state index contributed by atoms with van der Waals surface area (Å²) in [5.41, 5.74) is 1.92. The van der Waals surface area contributed by atoms with Crippen LogP contribution in [0.2, 0.25) is 5.02 Å². The summed E-state index contributed by atoms with van der Waals surface area (Å²) in [7, 11) is 0. The predicted molar refractivity (Wildman–Crippen MR) is 124 cm³/mol. The van der Waals surface area contributed by atoms with E-state index in [1.807, 2.05) is 0 Å². The Morgan fingerprint density at radius 2 is 1.97 bits per heavy atom. The maximum Gasteiger partial charge on any atom is 0.277 e. The van der Waals surface area contributed by atoms with Crippen LogP contribution >= 0.6 is 23.4 Å². The van der Waals surface area contributed by atoms with Gasteiger partial charge >= 0.3 is 0 Å². The molecule has 10 nitrogen and oxygen atoms in total. The number of thioether (sulfide) groups is 1. The van der Waals surface area contributed by atoms with Gasteiger partial charge in [-0.3, -0.25) is 9.59 Å². The number of nitrogens with zero attached hydrogens (tertiary/aromatic N) is 5. The van der Waals surface area contributed by atoms with Gasteiger partial charge in [-0.25, -0.2) is 9.67 Å². The standard InChI is InChI=1S/C21H14ClN7O3S/c22-13-7-5-12(6-8-13)20-27-28-21(32-20)33-10-17(30)26-15-3-1-2-4-16(15)29-18-14(9-25-29)19(31)24-11-23-18/h1-9,11H,10H2,(H,26,30)(H,23,24,31). The predicted octanol–water partition coefficient (Wildman–Crippen LogP) is 3.54. The van der Waals surface area contributed by atoms with E-state index in [0.717, 1.165) is 17.3 Å². The first kappa shape index (κ1) is 20.9. The van der Waals surface area contributed by atoms with E-state index in [1.165, 1.54) is 17.2 Å². The molecule has 164 valence electrons. The third-order valence-corrected chi connectivity index (χ3v) is 5.67. The molecule has 5 rings (SSSR count). The van der Waals surface area contributed by atoms with Gasteiger partial charge in [-0.1, -0.05) is 35.5 Å². The highest BCUT2D eigenvalue weighted by molar-refractivity contribution is 7.99. The lowest BCUT2D eigenvalue weighted by Crippen LogP contribution is -2.16.